The van der Waals surface area contributed by atoms with Gasteiger partial charge in [0.25, 0.3) is 11.6 Å². The number of nitrogens with one attached hydrogen (secondary N) is 2. The number of nitrogens with zero attached hydrogens (tertiary/aromatic N) is 1. The molecular formula is C20H21N3O6S. The molecule has 0 radical (unpaired) electrons. The Labute approximate surface area is 178 Å². The Hall–Kier alpha value is -3.40. The first-order chi connectivity index (χ1) is 14.3. The topological polar surface area (TPSA) is 139 Å². The van der Waals surface area contributed by atoms with Crippen LogP contribution in [0.4, 0.5) is 5.69 Å². The van der Waals surface area contributed by atoms with Gasteiger partial charge in [-0.25, -0.2) is 4.79 Å². The molecule has 2 aromatic rings. The van der Waals surface area contributed by atoms with Crippen LogP contribution in [-0.4, -0.2) is 45.7 Å². The van der Waals surface area contributed by atoms with E-state index in [1.54, 1.807) is 30.3 Å². The summed E-state index contributed by atoms with van der Waals surface area (Å²) < 4.78 is 0. The number of nitro benzene ring substituents is 1. The lowest BCUT2D eigenvalue weighted by atomic mass is 10.1. The minimum absolute atomic E-state index is 0.0891. The lowest BCUT2D eigenvalue weighted by Gasteiger charge is -2.21. The molecule has 30 heavy (non-hydrogen) atoms. The van der Waals surface area contributed by atoms with Crippen LogP contribution in [0.15, 0.2) is 54.6 Å². The van der Waals surface area contributed by atoms with Gasteiger partial charge in [-0.1, -0.05) is 30.3 Å². The minimum atomic E-state index is -1.20. The largest absolute Gasteiger partial charge is 0.480 e. The Kier molecular flexibility index (Phi) is 8.36. The molecule has 2 aromatic carbocycles. The third kappa shape index (κ3) is 6.59. The molecule has 0 saturated carbocycles. The molecule has 0 bridgehead atoms. The normalized spacial score (nSPS) is 12.4. The maximum absolute atomic E-state index is 12.6. The van der Waals surface area contributed by atoms with Crippen molar-refractivity contribution in [3.8, 4) is 0 Å². The second kappa shape index (κ2) is 11.0. The van der Waals surface area contributed by atoms with E-state index in [-0.39, 0.29) is 29.8 Å². The number of carboxylic acid groups (broad SMARTS) is 1. The summed E-state index contributed by atoms with van der Waals surface area (Å²) in [6, 6.07) is 11.6. The predicted molar refractivity (Wildman–Crippen MR) is 113 cm³/mol. The first-order valence-corrected chi connectivity index (χ1v) is 9.68. The molecule has 2 amide bonds. The summed E-state index contributed by atoms with van der Waals surface area (Å²) in [7, 11) is 0. The summed E-state index contributed by atoms with van der Waals surface area (Å²) in [4.78, 5) is 46.8. The predicted octanol–water partition coefficient (Wildman–Crippen LogP) is 1.83. The zero-order valence-electron chi connectivity index (χ0n) is 15.9. The number of carbonyl (C=O) groups is 3. The Morgan fingerprint density at radius 2 is 1.63 bits per heavy atom. The number of non-ortho nitro benzene ring substituents is 1. The van der Waals surface area contributed by atoms with Gasteiger partial charge in [-0.3, -0.25) is 19.7 Å². The van der Waals surface area contributed by atoms with E-state index in [4.69, 9.17) is 0 Å². The molecule has 0 saturated heterocycles. The van der Waals surface area contributed by atoms with Crippen molar-refractivity contribution in [1.82, 2.24) is 10.6 Å². The van der Waals surface area contributed by atoms with Gasteiger partial charge in [-0.15, -0.1) is 0 Å². The van der Waals surface area contributed by atoms with Crippen LogP contribution in [-0.2, 0) is 16.0 Å². The van der Waals surface area contributed by atoms with Crippen LogP contribution in [0.1, 0.15) is 22.3 Å². The number of carbonyl (C=O) groups excluding carboxylic acids is 2. The van der Waals surface area contributed by atoms with Crippen LogP contribution in [0.3, 0.4) is 0 Å². The summed E-state index contributed by atoms with van der Waals surface area (Å²) in [5.41, 5.74) is 0.712. The number of rotatable bonds is 10. The average molecular weight is 431 g/mol. The van der Waals surface area contributed by atoms with Gasteiger partial charge in [0.05, 0.1) is 4.92 Å². The smallest absolute Gasteiger partial charge is 0.326 e. The first kappa shape index (κ1) is 22.9. The number of amides is 2. The van der Waals surface area contributed by atoms with Gasteiger partial charge in [0.1, 0.15) is 12.1 Å². The first-order valence-electron chi connectivity index (χ1n) is 9.05. The number of hydrogen-bond acceptors (Lipinski definition) is 6. The van der Waals surface area contributed by atoms with Crippen molar-refractivity contribution < 1.29 is 24.4 Å². The van der Waals surface area contributed by atoms with Crippen molar-refractivity contribution in [3.05, 3.63) is 75.8 Å². The molecule has 158 valence electrons. The van der Waals surface area contributed by atoms with Gasteiger partial charge >= 0.3 is 5.97 Å². The number of thiol groups is 1. The SMILES string of the molecule is O=C(NC(CCS)C(=O)N[C@H](Cc1ccccc1)C(=O)O)c1ccc([N+](=O)[O-])cc1. The van der Waals surface area contributed by atoms with Crippen molar-refractivity contribution >= 4 is 36.1 Å². The molecule has 2 rings (SSSR count). The number of benzene rings is 2. The van der Waals surface area contributed by atoms with E-state index in [0.29, 0.717) is 0 Å². The molecule has 0 spiro atoms. The highest BCUT2D eigenvalue weighted by Crippen LogP contribution is 2.12. The Morgan fingerprint density at radius 3 is 2.17 bits per heavy atom. The van der Waals surface area contributed by atoms with E-state index in [1.165, 1.54) is 24.3 Å². The summed E-state index contributed by atoms with van der Waals surface area (Å²) >= 11 is 4.09. The lowest BCUT2D eigenvalue weighted by Crippen LogP contribution is -2.52. The number of nitro groups is 1. The van der Waals surface area contributed by atoms with Crippen LogP contribution in [0.2, 0.25) is 0 Å². The van der Waals surface area contributed by atoms with Gasteiger partial charge in [-0.05, 0) is 29.9 Å². The standard InChI is InChI=1S/C20H21N3O6S/c24-18(14-6-8-15(9-7-14)23(28)29)21-16(10-11-30)19(25)22-17(20(26)27)12-13-4-2-1-3-5-13/h1-9,16-17,30H,10-12H2,(H,21,24)(H,22,25)(H,26,27)/t16?,17-/m1/s1. The molecule has 0 aromatic heterocycles. The molecule has 10 heteroatoms. The number of carboxylic acids is 1. The molecule has 0 heterocycles. The molecule has 0 fully saturated rings. The van der Waals surface area contributed by atoms with Crippen LogP contribution >= 0.6 is 12.6 Å². The van der Waals surface area contributed by atoms with E-state index in [0.717, 1.165) is 5.56 Å². The van der Waals surface area contributed by atoms with Crippen molar-refractivity contribution in [2.24, 2.45) is 0 Å². The van der Waals surface area contributed by atoms with Crippen LogP contribution in [0, 0.1) is 10.1 Å². The molecule has 0 aliphatic carbocycles. The molecule has 9 nitrogen and oxygen atoms in total. The van der Waals surface area contributed by atoms with E-state index in [2.05, 4.69) is 23.3 Å². The minimum Gasteiger partial charge on any atom is -0.480 e. The van der Waals surface area contributed by atoms with Gasteiger partial charge in [0, 0.05) is 24.1 Å². The van der Waals surface area contributed by atoms with E-state index >= 15 is 0 Å². The molecule has 3 N–H and O–H groups in total. The highest BCUT2D eigenvalue weighted by atomic mass is 32.1. The molecular weight excluding hydrogens is 410 g/mol. The number of hydrogen-bond donors (Lipinski definition) is 4. The fraction of sp³-hybridized carbons (Fsp3) is 0.250. The maximum atomic E-state index is 12.6. The summed E-state index contributed by atoms with van der Waals surface area (Å²) in [6.07, 6.45) is 0.261. The lowest BCUT2D eigenvalue weighted by molar-refractivity contribution is -0.384. The Balaban J connectivity index is 2.07. The molecule has 2 atom stereocenters. The van der Waals surface area contributed by atoms with Crippen molar-refractivity contribution in [2.45, 2.75) is 24.9 Å². The second-order valence-electron chi connectivity index (χ2n) is 6.43. The van der Waals surface area contributed by atoms with E-state index in [1.807, 2.05) is 0 Å². The molecule has 1 unspecified atom stereocenters. The highest BCUT2D eigenvalue weighted by molar-refractivity contribution is 7.80. The summed E-state index contributed by atoms with van der Waals surface area (Å²) in [5, 5.41) is 25.2. The fourth-order valence-corrected chi connectivity index (χ4v) is 2.95. The van der Waals surface area contributed by atoms with Crippen molar-refractivity contribution in [3.63, 3.8) is 0 Å². The van der Waals surface area contributed by atoms with Gasteiger partial charge < -0.3 is 15.7 Å². The van der Waals surface area contributed by atoms with Crippen LogP contribution < -0.4 is 10.6 Å². The van der Waals surface area contributed by atoms with E-state index < -0.39 is 34.8 Å². The molecule has 0 aliphatic rings. The third-order valence-electron chi connectivity index (χ3n) is 4.28. The summed E-state index contributed by atoms with van der Waals surface area (Å²) in [5.74, 6) is -2.18. The average Bonchev–Trinajstić information content (AvgIpc) is 2.73. The monoisotopic (exact) mass is 431 g/mol. The van der Waals surface area contributed by atoms with Crippen LogP contribution in [0.25, 0.3) is 0 Å². The Morgan fingerprint density at radius 1 is 1.00 bits per heavy atom. The Bertz CT molecular complexity index is 905. The second-order valence-corrected chi connectivity index (χ2v) is 6.88. The van der Waals surface area contributed by atoms with Crippen LogP contribution in [0.5, 0.6) is 0 Å². The van der Waals surface area contributed by atoms with Gasteiger partial charge in [0.15, 0.2) is 0 Å². The zero-order chi connectivity index (χ0) is 22.1. The van der Waals surface area contributed by atoms with Gasteiger partial charge in [-0.2, -0.15) is 12.6 Å². The highest BCUT2D eigenvalue weighted by Gasteiger charge is 2.26. The summed E-state index contributed by atoms with van der Waals surface area (Å²) in [6.45, 7) is 0. The molecule has 0 aliphatic heterocycles. The van der Waals surface area contributed by atoms with Crippen molar-refractivity contribution in [1.29, 1.82) is 0 Å². The van der Waals surface area contributed by atoms with Crippen molar-refractivity contribution in [2.75, 3.05) is 5.75 Å². The quantitative estimate of drug-likeness (QED) is 0.257. The van der Waals surface area contributed by atoms with E-state index in [9.17, 15) is 29.6 Å². The third-order valence-corrected chi connectivity index (χ3v) is 4.54. The van der Waals surface area contributed by atoms with Gasteiger partial charge in [0.2, 0.25) is 5.91 Å². The zero-order valence-corrected chi connectivity index (χ0v) is 16.7. The fourth-order valence-electron chi connectivity index (χ4n) is 2.70. The number of aliphatic carboxylic acids is 1. The maximum Gasteiger partial charge on any atom is 0.326 e.